The summed E-state index contributed by atoms with van der Waals surface area (Å²) in [6.07, 6.45) is 8.37. The molecule has 2 aromatic rings. The minimum atomic E-state index is -0.166. The van der Waals surface area contributed by atoms with Gasteiger partial charge in [-0.3, -0.25) is 14.3 Å². The average molecular weight is 486 g/mol. The number of fused-ring (bicyclic) bond motifs is 1. The molecule has 2 N–H and O–H groups in total. The van der Waals surface area contributed by atoms with Gasteiger partial charge in [-0.05, 0) is 43.6 Å². The van der Waals surface area contributed by atoms with E-state index in [1.165, 1.54) is 0 Å². The molecule has 0 aromatic carbocycles. The summed E-state index contributed by atoms with van der Waals surface area (Å²) >= 11 is 6.51. The van der Waals surface area contributed by atoms with Crippen LogP contribution in [0.25, 0.3) is 11.1 Å². The van der Waals surface area contributed by atoms with Crippen LogP contribution in [-0.4, -0.2) is 45.8 Å². The fourth-order valence-electron chi connectivity index (χ4n) is 5.43. The zero-order valence-corrected chi connectivity index (χ0v) is 20.5. The third kappa shape index (κ3) is 4.84. The molecule has 182 valence electrons. The molecule has 34 heavy (non-hydrogen) atoms. The fraction of sp³-hybridized carbons (Fsp3) is 0.600. The number of nitrogens with zero attached hydrogens (tertiary/aromatic N) is 3. The van der Waals surface area contributed by atoms with Crippen molar-refractivity contribution in [3.8, 4) is 11.1 Å². The van der Waals surface area contributed by atoms with Crippen molar-refractivity contribution in [3.05, 3.63) is 29.2 Å². The number of carbonyl (C=O) groups is 2. The van der Waals surface area contributed by atoms with Crippen LogP contribution in [0.5, 0.6) is 0 Å². The molecule has 2 amide bonds. The molecular weight excluding hydrogens is 454 g/mol. The van der Waals surface area contributed by atoms with Crippen LogP contribution in [0.2, 0.25) is 5.02 Å². The van der Waals surface area contributed by atoms with Crippen LogP contribution in [0.3, 0.4) is 0 Å². The summed E-state index contributed by atoms with van der Waals surface area (Å²) in [7, 11) is 0. The Balaban J connectivity index is 1.25. The van der Waals surface area contributed by atoms with E-state index in [9.17, 15) is 9.59 Å². The fourth-order valence-corrected chi connectivity index (χ4v) is 5.64. The maximum Gasteiger partial charge on any atom is 0.228 e. The molecule has 1 aliphatic carbocycles. The minimum Gasteiger partial charge on any atom is -0.381 e. The maximum absolute atomic E-state index is 13.1. The van der Waals surface area contributed by atoms with E-state index in [1.807, 2.05) is 16.9 Å². The summed E-state index contributed by atoms with van der Waals surface area (Å²) < 4.78 is 7.37. The van der Waals surface area contributed by atoms with E-state index in [4.69, 9.17) is 16.3 Å². The summed E-state index contributed by atoms with van der Waals surface area (Å²) in [4.78, 5) is 29.9. The smallest absolute Gasteiger partial charge is 0.228 e. The van der Waals surface area contributed by atoms with Gasteiger partial charge in [0.1, 0.15) is 5.82 Å². The second kappa shape index (κ2) is 9.30. The summed E-state index contributed by atoms with van der Waals surface area (Å²) in [5, 5.41) is 11.2. The second-order valence-corrected chi connectivity index (χ2v) is 11.1. The molecule has 1 saturated carbocycles. The van der Waals surface area contributed by atoms with Gasteiger partial charge in [0.25, 0.3) is 0 Å². The van der Waals surface area contributed by atoms with E-state index < -0.39 is 0 Å². The zero-order chi connectivity index (χ0) is 23.9. The Morgan fingerprint density at radius 3 is 2.79 bits per heavy atom. The van der Waals surface area contributed by atoms with Crippen LogP contribution in [0.1, 0.15) is 51.6 Å². The molecule has 3 atom stereocenters. The first kappa shape index (κ1) is 23.3. The lowest BCUT2D eigenvalue weighted by Crippen LogP contribution is -2.43. The molecule has 2 fully saturated rings. The summed E-state index contributed by atoms with van der Waals surface area (Å²) in [6, 6.07) is 1.86. The van der Waals surface area contributed by atoms with Crippen molar-refractivity contribution in [1.82, 2.24) is 20.1 Å². The molecule has 1 unspecified atom stereocenters. The largest absolute Gasteiger partial charge is 0.381 e. The van der Waals surface area contributed by atoms with Gasteiger partial charge in [0.05, 0.1) is 23.7 Å². The molecular formula is C25H32ClN5O3. The van der Waals surface area contributed by atoms with E-state index in [0.717, 1.165) is 55.5 Å². The van der Waals surface area contributed by atoms with Gasteiger partial charge in [-0.2, -0.15) is 5.10 Å². The van der Waals surface area contributed by atoms with Crippen molar-refractivity contribution < 1.29 is 14.3 Å². The first-order chi connectivity index (χ1) is 16.3. The van der Waals surface area contributed by atoms with Crippen LogP contribution in [0.4, 0.5) is 5.82 Å². The van der Waals surface area contributed by atoms with Crippen molar-refractivity contribution >= 4 is 29.2 Å². The van der Waals surface area contributed by atoms with Crippen molar-refractivity contribution in [2.75, 3.05) is 18.5 Å². The Labute approximate surface area is 204 Å². The standard InChI is InChI=1S/C25H32ClN5O3/c1-25(2)10-21-19(11-28-31(21)14-25)18-9-22(27-12-20(18)26)30-23(32)15-4-3-5-17(8-15)29-24(33)16-6-7-34-13-16/h9,11-12,15-17H,3-8,10,13-14H2,1-2H3,(H,29,33)(H,27,30,32)/t15-,16?,17+/m0/s1. The predicted octanol–water partition coefficient (Wildman–Crippen LogP) is 3.83. The van der Waals surface area contributed by atoms with Crippen LogP contribution >= 0.6 is 11.6 Å². The molecule has 4 heterocycles. The van der Waals surface area contributed by atoms with Crippen LogP contribution in [0.15, 0.2) is 18.5 Å². The quantitative estimate of drug-likeness (QED) is 0.670. The van der Waals surface area contributed by atoms with Crippen molar-refractivity contribution in [3.63, 3.8) is 0 Å². The molecule has 8 nitrogen and oxygen atoms in total. The lowest BCUT2D eigenvalue weighted by molar-refractivity contribution is -0.127. The number of hydrogen-bond donors (Lipinski definition) is 2. The number of pyridine rings is 1. The number of halogens is 1. The van der Waals surface area contributed by atoms with Crippen molar-refractivity contribution in [1.29, 1.82) is 0 Å². The minimum absolute atomic E-state index is 0.0182. The third-order valence-electron chi connectivity index (χ3n) is 7.26. The average Bonchev–Trinajstić information content (AvgIpc) is 3.52. The molecule has 0 bridgehead atoms. The Hall–Kier alpha value is -2.45. The van der Waals surface area contributed by atoms with Gasteiger partial charge < -0.3 is 15.4 Å². The van der Waals surface area contributed by atoms with Crippen molar-refractivity contribution in [2.24, 2.45) is 17.3 Å². The molecule has 9 heteroatoms. The van der Waals surface area contributed by atoms with Crippen LogP contribution in [-0.2, 0) is 27.3 Å². The third-order valence-corrected chi connectivity index (χ3v) is 7.56. The number of carbonyl (C=O) groups excluding carboxylic acids is 2. The molecule has 2 aliphatic heterocycles. The lowest BCUT2D eigenvalue weighted by Gasteiger charge is -2.29. The zero-order valence-electron chi connectivity index (χ0n) is 19.8. The van der Waals surface area contributed by atoms with Crippen LogP contribution < -0.4 is 10.6 Å². The highest BCUT2D eigenvalue weighted by Gasteiger charge is 2.33. The van der Waals surface area contributed by atoms with Gasteiger partial charge >= 0.3 is 0 Å². The molecule has 3 aliphatic rings. The molecule has 0 spiro atoms. The highest BCUT2D eigenvalue weighted by atomic mass is 35.5. The number of rotatable bonds is 5. The molecule has 1 saturated heterocycles. The van der Waals surface area contributed by atoms with E-state index in [1.54, 1.807) is 6.20 Å². The summed E-state index contributed by atoms with van der Waals surface area (Å²) in [6.45, 7) is 6.47. The second-order valence-electron chi connectivity index (χ2n) is 10.7. The monoisotopic (exact) mass is 485 g/mol. The van der Waals surface area contributed by atoms with Gasteiger partial charge in [0.15, 0.2) is 0 Å². The Morgan fingerprint density at radius 2 is 2.00 bits per heavy atom. The summed E-state index contributed by atoms with van der Waals surface area (Å²) in [5.74, 6) is 0.230. The van der Waals surface area contributed by atoms with Gasteiger partial charge in [-0.1, -0.05) is 31.9 Å². The number of nitrogens with one attached hydrogen (secondary N) is 2. The van der Waals surface area contributed by atoms with Gasteiger partial charge in [0, 0.05) is 48.1 Å². The van der Waals surface area contributed by atoms with E-state index in [2.05, 4.69) is 34.6 Å². The van der Waals surface area contributed by atoms with E-state index >= 15 is 0 Å². The predicted molar refractivity (Wildman–Crippen MR) is 129 cm³/mol. The lowest BCUT2D eigenvalue weighted by atomic mass is 9.84. The first-order valence-corrected chi connectivity index (χ1v) is 12.6. The summed E-state index contributed by atoms with van der Waals surface area (Å²) in [5.41, 5.74) is 3.14. The highest BCUT2D eigenvalue weighted by Crippen LogP contribution is 2.39. The normalized spacial score (nSPS) is 25.7. The van der Waals surface area contributed by atoms with Gasteiger partial charge in [0.2, 0.25) is 11.8 Å². The van der Waals surface area contributed by atoms with E-state index in [0.29, 0.717) is 30.5 Å². The maximum atomic E-state index is 13.1. The Kier molecular flexibility index (Phi) is 6.37. The van der Waals surface area contributed by atoms with Crippen LogP contribution in [0, 0.1) is 17.3 Å². The number of amides is 2. The Morgan fingerprint density at radius 1 is 1.15 bits per heavy atom. The highest BCUT2D eigenvalue weighted by molar-refractivity contribution is 6.33. The number of hydrogen-bond acceptors (Lipinski definition) is 5. The van der Waals surface area contributed by atoms with Crippen molar-refractivity contribution in [2.45, 2.75) is 65.0 Å². The number of aromatic nitrogens is 3. The molecule has 5 rings (SSSR count). The SMILES string of the molecule is CC1(C)Cc2c(-c3cc(NC(=O)[C@H]4CCC[C@@H](NC(=O)C5CCOC5)C4)ncc3Cl)cnn2C1. The molecule has 0 radical (unpaired) electrons. The van der Waals surface area contributed by atoms with E-state index in [-0.39, 0.29) is 35.1 Å². The number of anilines is 1. The molecule has 2 aromatic heterocycles. The first-order valence-electron chi connectivity index (χ1n) is 12.2. The van der Waals surface area contributed by atoms with Gasteiger partial charge in [-0.25, -0.2) is 4.98 Å². The number of ether oxygens (including phenoxy) is 1. The Bertz CT molecular complexity index is 1090. The van der Waals surface area contributed by atoms with Gasteiger partial charge in [-0.15, -0.1) is 0 Å². The topological polar surface area (TPSA) is 98.1 Å².